The van der Waals surface area contributed by atoms with Crippen molar-refractivity contribution in [2.75, 3.05) is 7.11 Å². The highest BCUT2D eigenvalue weighted by molar-refractivity contribution is 6.09. The van der Waals surface area contributed by atoms with Crippen molar-refractivity contribution in [2.24, 2.45) is 16.7 Å². The number of esters is 1. The summed E-state index contributed by atoms with van der Waals surface area (Å²) in [6, 6.07) is 12.9. The van der Waals surface area contributed by atoms with E-state index < -0.39 is 28.5 Å². The highest BCUT2D eigenvalue weighted by Crippen LogP contribution is 2.69. The number of carbonyl (C=O) groups is 2. The average molecular weight is 279 g/mol. The highest BCUT2D eigenvalue weighted by atomic mass is 16.5. The van der Waals surface area contributed by atoms with E-state index >= 15 is 0 Å². The summed E-state index contributed by atoms with van der Waals surface area (Å²) in [5, 5.41) is 27.8. The number of hydrogen-bond acceptors (Lipinski definition) is 6. The zero-order valence-electron chi connectivity index (χ0n) is 11.0. The Morgan fingerprint density at radius 2 is 1.67 bits per heavy atom. The Kier molecular flexibility index (Phi) is 3.21. The van der Waals surface area contributed by atoms with E-state index in [9.17, 15) is 25.4 Å². The maximum atomic E-state index is 12.5. The summed E-state index contributed by atoms with van der Waals surface area (Å²) in [6.07, 6.45) is 0. The van der Waals surface area contributed by atoms with Crippen LogP contribution in [0.2, 0.25) is 0 Å². The van der Waals surface area contributed by atoms with Crippen LogP contribution in [0.5, 0.6) is 0 Å². The minimum atomic E-state index is -2.07. The first-order chi connectivity index (χ1) is 10.1. The van der Waals surface area contributed by atoms with E-state index in [4.69, 9.17) is 0 Å². The lowest BCUT2D eigenvalue weighted by Crippen LogP contribution is -2.23. The van der Waals surface area contributed by atoms with Gasteiger partial charge in [0.25, 0.3) is 0 Å². The summed E-state index contributed by atoms with van der Waals surface area (Å²) in [6.45, 7) is 0. The number of ketones is 1. The van der Waals surface area contributed by atoms with Gasteiger partial charge in [-0.15, -0.1) is 0 Å². The Hall–Kier alpha value is -3.17. The van der Waals surface area contributed by atoms with Gasteiger partial charge in [0.1, 0.15) is 0 Å². The molecule has 6 heteroatoms. The predicted octanol–water partition coefficient (Wildman–Crippen LogP) is 1.22. The highest BCUT2D eigenvalue weighted by Gasteiger charge is 2.87. The van der Waals surface area contributed by atoms with Crippen molar-refractivity contribution in [3.63, 3.8) is 0 Å². The molecule has 2 atom stereocenters. The molecule has 0 radical (unpaired) electrons. The Morgan fingerprint density at radius 1 is 1.10 bits per heavy atom. The average Bonchev–Trinajstić information content (AvgIpc) is 3.17. The molecule has 6 nitrogen and oxygen atoms in total. The SMILES string of the molecule is COC(=O)[C@]1(C#N)[C@H](C(=O)c2ccccc2)C1(C#N)C#N. The minimum absolute atomic E-state index is 0.235. The molecule has 0 aromatic heterocycles. The van der Waals surface area contributed by atoms with Crippen LogP contribution in [-0.2, 0) is 9.53 Å². The largest absolute Gasteiger partial charge is 0.468 e. The van der Waals surface area contributed by atoms with Crippen LogP contribution >= 0.6 is 0 Å². The normalized spacial score (nSPS) is 24.8. The third-order valence-electron chi connectivity index (χ3n) is 3.76. The number of Topliss-reactive ketones (excluding diaryl/α,β-unsaturated/α-hetero) is 1. The minimum Gasteiger partial charge on any atom is -0.468 e. The van der Waals surface area contributed by atoms with Crippen LogP contribution < -0.4 is 0 Å². The number of hydrogen-bond donors (Lipinski definition) is 0. The van der Waals surface area contributed by atoms with Crippen molar-refractivity contribution in [1.29, 1.82) is 15.8 Å². The smallest absolute Gasteiger partial charge is 0.329 e. The molecule has 0 aliphatic heterocycles. The maximum Gasteiger partial charge on any atom is 0.329 e. The summed E-state index contributed by atoms with van der Waals surface area (Å²) in [5.74, 6) is -2.98. The van der Waals surface area contributed by atoms with E-state index in [1.54, 1.807) is 36.4 Å². The van der Waals surface area contributed by atoms with Crippen molar-refractivity contribution in [2.45, 2.75) is 0 Å². The second-order valence-corrected chi connectivity index (χ2v) is 4.61. The first kappa shape index (κ1) is 14.2. The maximum absolute atomic E-state index is 12.5. The third-order valence-corrected chi connectivity index (χ3v) is 3.76. The second-order valence-electron chi connectivity index (χ2n) is 4.61. The van der Waals surface area contributed by atoms with Crippen molar-refractivity contribution < 1.29 is 14.3 Å². The lowest BCUT2D eigenvalue weighted by molar-refractivity contribution is -0.145. The number of benzene rings is 1. The molecule has 1 aromatic carbocycles. The predicted molar refractivity (Wildman–Crippen MR) is 68.0 cm³/mol. The van der Waals surface area contributed by atoms with E-state index in [0.29, 0.717) is 0 Å². The molecule has 1 aliphatic carbocycles. The lowest BCUT2D eigenvalue weighted by Gasteiger charge is -2.05. The van der Waals surface area contributed by atoms with Crippen LogP contribution in [0.3, 0.4) is 0 Å². The van der Waals surface area contributed by atoms with E-state index in [2.05, 4.69) is 4.74 Å². The van der Waals surface area contributed by atoms with E-state index in [0.717, 1.165) is 7.11 Å². The van der Waals surface area contributed by atoms with Crippen LogP contribution in [0, 0.1) is 50.7 Å². The number of rotatable bonds is 3. The van der Waals surface area contributed by atoms with Crippen LogP contribution in [0.15, 0.2) is 30.3 Å². The monoisotopic (exact) mass is 279 g/mol. The molecule has 0 unspecified atom stereocenters. The van der Waals surface area contributed by atoms with Crippen LogP contribution in [-0.4, -0.2) is 18.9 Å². The Morgan fingerprint density at radius 3 is 2.10 bits per heavy atom. The van der Waals surface area contributed by atoms with Crippen molar-refractivity contribution >= 4 is 11.8 Å². The number of methoxy groups -OCH3 is 1. The van der Waals surface area contributed by atoms with Gasteiger partial charge in [0.15, 0.2) is 16.6 Å². The summed E-state index contributed by atoms with van der Waals surface area (Å²) < 4.78 is 4.53. The fourth-order valence-corrected chi connectivity index (χ4v) is 2.61. The molecule has 1 saturated carbocycles. The fourth-order valence-electron chi connectivity index (χ4n) is 2.61. The molecule has 1 aliphatic rings. The van der Waals surface area contributed by atoms with Gasteiger partial charge in [0, 0.05) is 5.56 Å². The first-order valence-electron chi connectivity index (χ1n) is 5.97. The van der Waals surface area contributed by atoms with Gasteiger partial charge in [-0.3, -0.25) is 9.59 Å². The van der Waals surface area contributed by atoms with Gasteiger partial charge in [-0.1, -0.05) is 30.3 Å². The first-order valence-corrected chi connectivity index (χ1v) is 5.97. The molecule has 0 bridgehead atoms. The van der Waals surface area contributed by atoms with Gasteiger partial charge in [-0.05, 0) is 0 Å². The molecule has 0 amide bonds. The van der Waals surface area contributed by atoms with Gasteiger partial charge >= 0.3 is 5.97 Å². The molecule has 0 N–H and O–H groups in total. The molecule has 102 valence electrons. The zero-order chi connectivity index (χ0) is 15.7. The molecule has 0 heterocycles. The molecular weight excluding hydrogens is 270 g/mol. The summed E-state index contributed by atoms with van der Waals surface area (Å²) >= 11 is 0. The number of carbonyl (C=O) groups excluding carboxylic acids is 2. The standard InChI is InChI=1S/C15H9N3O3/c1-21-13(20)15(9-18)12(14(15,7-16)8-17)11(19)10-5-3-2-4-6-10/h2-6,12H,1H3/t12-,15+/m1/s1. The topological polar surface area (TPSA) is 115 Å². The van der Waals surface area contributed by atoms with Crippen LogP contribution in [0.1, 0.15) is 10.4 Å². The van der Waals surface area contributed by atoms with Crippen molar-refractivity contribution in [1.82, 2.24) is 0 Å². The lowest BCUT2D eigenvalue weighted by atomic mass is 9.97. The molecule has 2 rings (SSSR count). The molecule has 1 fully saturated rings. The Balaban J connectivity index is 2.57. The molecule has 1 aromatic rings. The zero-order valence-corrected chi connectivity index (χ0v) is 11.0. The molecule has 0 saturated heterocycles. The van der Waals surface area contributed by atoms with Gasteiger partial charge in [-0.25, -0.2) is 0 Å². The van der Waals surface area contributed by atoms with Crippen LogP contribution in [0.4, 0.5) is 0 Å². The van der Waals surface area contributed by atoms with E-state index in [1.807, 2.05) is 0 Å². The fraction of sp³-hybridized carbons (Fsp3) is 0.267. The van der Waals surface area contributed by atoms with E-state index in [1.165, 1.54) is 12.1 Å². The quantitative estimate of drug-likeness (QED) is 0.606. The third kappa shape index (κ3) is 1.55. The Labute approximate surface area is 120 Å². The second kappa shape index (κ2) is 4.74. The van der Waals surface area contributed by atoms with Crippen molar-refractivity contribution in [3.8, 4) is 18.2 Å². The van der Waals surface area contributed by atoms with Gasteiger partial charge in [-0.2, -0.15) is 15.8 Å². The molecule has 21 heavy (non-hydrogen) atoms. The van der Waals surface area contributed by atoms with Gasteiger partial charge < -0.3 is 4.74 Å². The molecular formula is C15H9N3O3. The van der Waals surface area contributed by atoms with E-state index in [-0.39, 0.29) is 5.56 Å². The molecule has 0 spiro atoms. The summed E-state index contributed by atoms with van der Waals surface area (Å²) in [4.78, 5) is 24.4. The van der Waals surface area contributed by atoms with Crippen LogP contribution in [0.25, 0.3) is 0 Å². The van der Waals surface area contributed by atoms with Crippen molar-refractivity contribution in [3.05, 3.63) is 35.9 Å². The number of ether oxygens (including phenoxy) is 1. The van der Waals surface area contributed by atoms with Gasteiger partial charge in [0.05, 0.1) is 31.2 Å². The number of nitriles is 3. The summed E-state index contributed by atoms with van der Waals surface area (Å²) in [5.41, 5.74) is -3.85. The number of nitrogens with zero attached hydrogens (tertiary/aromatic N) is 3. The van der Waals surface area contributed by atoms with Gasteiger partial charge in [0.2, 0.25) is 0 Å². The summed E-state index contributed by atoms with van der Waals surface area (Å²) in [7, 11) is 1.04. The Bertz CT molecular complexity index is 722.